The molecule has 3 aromatic rings. The molecular weight excluding hydrogens is 534 g/mol. The average Bonchev–Trinajstić information content (AvgIpc) is 3.20. The van der Waals surface area contributed by atoms with Gasteiger partial charge in [0.05, 0.1) is 10.6 Å². The van der Waals surface area contributed by atoms with Gasteiger partial charge in [-0.05, 0) is 51.2 Å². The Morgan fingerprint density at radius 3 is 2.45 bits per heavy atom. The summed E-state index contributed by atoms with van der Waals surface area (Å²) < 4.78 is 36.4. The van der Waals surface area contributed by atoms with Gasteiger partial charge in [0, 0.05) is 44.0 Å². The Morgan fingerprint density at radius 2 is 1.82 bits per heavy atom. The Morgan fingerprint density at radius 1 is 1.13 bits per heavy atom. The van der Waals surface area contributed by atoms with Gasteiger partial charge in [-0.25, -0.2) is 17.9 Å². The van der Waals surface area contributed by atoms with Crippen LogP contribution in [0.25, 0.3) is 0 Å². The number of rotatable bonds is 8. The number of hydrogen-bond donors (Lipinski definition) is 2. The van der Waals surface area contributed by atoms with Crippen LogP contribution in [0.1, 0.15) is 33.3 Å². The van der Waals surface area contributed by atoms with Crippen molar-refractivity contribution in [1.82, 2.24) is 19.0 Å². The number of aryl methyl sites for hydroxylation is 1. The number of benzene rings is 2. The third-order valence-electron chi connectivity index (χ3n) is 6.24. The zero-order valence-electron chi connectivity index (χ0n) is 21.1. The van der Waals surface area contributed by atoms with Crippen molar-refractivity contribution in [1.29, 1.82) is 0 Å². The minimum absolute atomic E-state index is 0.0192. The van der Waals surface area contributed by atoms with E-state index >= 15 is 0 Å². The maximum atomic E-state index is 13.8. The molecule has 0 bridgehead atoms. The van der Waals surface area contributed by atoms with Crippen LogP contribution in [0.3, 0.4) is 0 Å². The van der Waals surface area contributed by atoms with Gasteiger partial charge in [0.25, 0.3) is 5.91 Å². The number of carbonyl (C=O) groups excluding carboxylic acids is 1. The molecule has 1 aromatic heterocycles. The van der Waals surface area contributed by atoms with Gasteiger partial charge >= 0.3 is 5.97 Å². The van der Waals surface area contributed by atoms with Gasteiger partial charge in [-0.15, -0.1) is 0 Å². The van der Waals surface area contributed by atoms with E-state index in [9.17, 15) is 23.1 Å². The molecule has 0 atom stereocenters. The van der Waals surface area contributed by atoms with E-state index in [1.165, 1.54) is 27.2 Å². The number of carboxylic acid groups (broad SMARTS) is 1. The second-order valence-corrected chi connectivity index (χ2v) is 11.1. The molecule has 1 amide bonds. The SMILES string of the molecule is CCn1nc(C(=O)O)c(C)c1Oc1ccc(NC(=O)c2ccccc2Cl)cc1S(=O)(=O)N1CCN(C)CC1. The lowest BCUT2D eigenvalue weighted by molar-refractivity contribution is 0.0688. The second kappa shape index (κ2) is 11.1. The van der Waals surface area contributed by atoms with Crippen molar-refractivity contribution in [3.05, 3.63) is 64.3 Å². The highest BCUT2D eigenvalue weighted by molar-refractivity contribution is 7.89. The first-order valence-electron chi connectivity index (χ1n) is 11.9. The molecule has 1 aliphatic rings. The molecule has 0 spiro atoms. The standard InChI is InChI=1S/C25H28ClN5O6S/c1-4-31-24(16(2)22(28-31)25(33)34)37-20-10-9-17(27-23(32)18-7-5-6-8-19(18)26)15-21(20)38(35,36)30-13-11-29(3)12-14-30/h5-10,15H,4,11-14H2,1-3H3,(H,27,32)(H,33,34). The summed E-state index contributed by atoms with van der Waals surface area (Å²) >= 11 is 6.15. The number of aromatic nitrogens is 2. The number of sulfonamides is 1. The van der Waals surface area contributed by atoms with Crippen molar-refractivity contribution in [2.24, 2.45) is 0 Å². The van der Waals surface area contributed by atoms with E-state index in [2.05, 4.69) is 10.4 Å². The molecule has 11 nitrogen and oxygen atoms in total. The summed E-state index contributed by atoms with van der Waals surface area (Å²) in [6, 6.07) is 10.8. The Hall–Kier alpha value is -3.45. The van der Waals surface area contributed by atoms with Crippen LogP contribution in [0.15, 0.2) is 47.4 Å². The number of nitrogens with one attached hydrogen (secondary N) is 1. The Labute approximate surface area is 225 Å². The first kappa shape index (κ1) is 27.6. The number of anilines is 1. The minimum Gasteiger partial charge on any atom is -0.476 e. The summed E-state index contributed by atoms with van der Waals surface area (Å²) in [6.07, 6.45) is 0. The average molecular weight is 562 g/mol. The van der Waals surface area contributed by atoms with E-state index in [1.54, 1.807) is 38.1 Å². The number of carboxylic acids is 1. The highest BCUT2D eigenvalue weighted by atomic mass is 35.5. The summed E-state index contributed by atoms with van der Waals surface area (Å²) in [6.45, 7) is 5.29. The van der Waals surface area contributed by atoms with Gasteiger partial charge in [0.15, 0.2) is 5.69 Å². The lowest BCUT2D eigenvalue weighted by atomic mass is 10.2. The number of ether oxygens (including phenoxy) is 1. The fraction of sp³-hybridized carbons (Fsp3) is 0.320. The summed E-state index contributed by atoms with van der Waals surface area (Å²) in [5.41, 5.74) is 0.538. The molecule has 13 heteroatoms. The lowest BCUT2D eigenvalue weighted by Crippen LogP contribution is -2.47. The Kier molecular flexibility index (Phi) is 8.07. The monoisotopic (exact) mass is 561 g/mol. The third kappa shape index (κ3) is 5.53. The fourth-order valence-electron chi connectivity index (χ4n) is 4.07. The van der Waals surface area contributed by atoms with Gasteiger partial charge in [-0.1, -0.05) is 23.7 Å². The highest BCUT2D eigenvalue weighted by Gasteiger charge is 2.32. The Bertz CT molecular complexity index is 1480. The summed E-state index contributed by atoms with van der Waals surface area (Å²) in [5, 5.41) is 16.5. The van der Waals surface area contributed by atoms with Gasteiger partial charge in [-0.2, -0.15) is 9.40 Å². The number of likely N-dealkylation sites (N-methyl/N-ethyl adjacent to an activating group) is 1. The van der Waals surface area contributed by atoms with Crippen molar-refractivity contribution < 1.29 is 27.9 Å². The summed E-state index contributed by atoms with van der Waals surface area (Å²) in [4.78, 5) is 26.3. The zero-order valence-corrected chi connectivity index (χ0v) is 22.7. The van der Waals surface area contributed by atoms with E-state index in [-0.39, 0.29) is 57.1 Å². The highest BCUT2D eigenvalue weighted by Crippen LogP contribution is 2.36. The predicted octanol–water partition coefficient (Wildman–Crippen LogP) is 3.54. The van der Waals surface area contributed by atoms with Gasteiger partial charge in [0.1, 0.15) is 10.6 Å². The van der Waals surface area contributed by atoms with E-state index in [4.69, 9.17) is 16.3 Å². The largest absolute Gasteiger partial charge is 0.476 e. The molecule has 2 N–H and O–H groups in total. The van der Waals surface area contributed by atoms with Gasteiger partial charge < -0.3 is 20.1 Å². The fourth-order valence-corrected chi connectivity index (χ4v) is 5.85. The first-order valence-corrected chi connectivity index (χ1v) is 13.7. The van der Waals surface area contributed by atoms with Crippen LogP contribution in [-0.2, 0) is 16.6 Å². The number of hydrogen-bond acceptors (Lipinski definition) is 7. The molecule has 1 aliphatic heterocycles. The van der Waals surface area contributed by atoms with E-state index in [1.807, 2.05) is 11.9 Å². The number of piperazine rings is 1. The van der Waals surface area contributed by atoms with E-state index in [0.29, 0.717) is 19.6 Å². The van der Waals surface area contributed by atoms with Crippen molar-refractivity contribution in [3.8, 4) is 11.6 Å². The minimum atomic E-state index is -4.05. The molecule has 0 aliphatic carbocycles. The van der Waals surface area contributed by atoms with E-state index in [0.717, 1.165) is 0 Å². The van der Waals surface area contributed by atoms with E-state index < -0.39 is 21.9 Å². The van der Waals surface area contributed by atoms with Crippen LogP contribution in [-0.4, -0.2) is 77.6 Å². The first-order chi connectivity index (χ1) is 18.0. The van der Waals surface area contributed by atoms with Crippen LogP contribution in [0, 0.1) is 6.92 Å². The number of nitrogens with zero attached hydrogens (tertiary/aromatic N) is 4. The molecule has 2 aromatic carbocycles. The maximum Gasteiger partial charge on any atom is 0.356 e. The molecule has 1 saturated heterocycles. The maximum absolute atomic E-state index is 13.8. The Balaban J connectivity index is 1.77. The molecule has 38 heavy (non-hydrogen) atoms. The molecule has 1 fully saturated rings. The van der Waals surface area contributed by atoms with Crippen molar-refractivity contribution in [2.45, 2.75) is 25.3 Å². The summed E-state index contributed by atoms with van der Waals surface area (Å²) in [7, 11) is -2.14. The third-order valence-corrected chi connectivity index (χ3v) is 8.49. The topological polar surface area (TPSA) is 134 Å². The van der Waals surface area contributed by atoms with Crippen LogP contribution >= 0.6 is 11.6 Å². The van der Waals surface area contributed by atoms with Crippen LogP contribution < -0.4 is 10.1 Å². The van der Waals surface area contributed by atoms with Gasteiger partial charge in [-0.3, -0.25) is 4.79 Å². The van der Waals surface area contributed by atoms with Gasteiger partial charge in [0.2, 0.25) is 15.9 Å². The smallest absolute Gasteiger partial charge is 0.356 e. The predicted molar refractivity (Wildman–Crippen MR) is 142 cm³/mol. The van der Waals surface area contributed by atoms with Crippen LogP contribution in [0.2, 0.25) is 5.02 Å². The number of aromatic carboxylic acids is 1. The quantitative estimate of drug-likeness (QED) is 0.426. The van der Waals surface area contributed by atoms with Crippen LogP contribution in [0.5, 0.6) is 11.6 Å². The number of carbonyl (C=O) groups is 2. The van der Waals surface area contributed by atoms with Crippen molar-refractivity contribution >= 4 is 39.2 Å². The second-order valence-electron chi connectivity index (χ2n) is 8.80. The molecule has 0 saturated carbocycles. The molecule has 0 unspecified atom stereocenters. The molecule has 202 valence electrons. The summed E-state index contributed by atoms with van der Waals surface area (Å²) in [5.74, 6) is -1.62. The molecule has 0 radical (unpaired) electrons. The van der Waals surface area contributed by atoms with Crippen LogP contribution in [0.4, 0.5) is 5.69 Å². The molecular formula is C25H28ClN5O6S. The number of halogens is 1. The normalized spacial score (nSPS) is 14.8. The molecule has 4 rings (SSSR count). The lowest BCUT2D eigenvalue weighted by Gasteiger charge is -2.32. The zero-order chi connectivity index (χ0) is 27.6. The van der Waals surface area contributed by atoms with Crippen molar-refractivity contribution in [2.75, 3.05) is 38.5 Å². The van der Waals surface area contributed by atoms with Crippen molar-refractivity contribution in [3.63, 3.8) is 0 Å². The molecule has 2 heterocycles. The number of amides is 1.